The molecule has 0 spiro atoms. The summed E-state index contributed by atoms with van der Waals surface area (Å²) in [5.74, 6) is 0.379. The third-order valence-corrected chi connectivity index (χ3v) is 6.61. The van der Waals surface area contributed by atoms with Gasteiger partial charge in [0.1, 0.15) is 0 Å². The number of thiazole rings is 1. The average Bonchev–Trinajstić information content (AvgIpc) is 3.05. The predicted molar refractivity (Wildman–Crippen MR) is 97.4 cm³/mol. The average molecular weight is 364 g/mol. The van der Waals surface area contributed by atoms with Crippen LogP contribution < -0.4 is 0 Å². The number of hydrogen-bond donors (Lipinski definition) is 0. The molecule has 4 nitrogen and oxygen atoms in total. The number of esters is 1. The molecule has 1 saturated heterocycles. The summed E-state index contributed by atoms with van der Waals surface area (Å²) in [6, 6.07) is 7.93. The molecule has 2 heterocycles. The second-order valence-electron chi connectivity index (χ2n) is 6.77. The van der Waals surface area contributed by atoms with E-state index in [1.807, 2.05) is 24.3 Å². The van der Waals surface area contributed by atoms with Crippen molar-refractivity contribution < 1.29 is 14.3 Å². The number of ether oxygens (including phenoxy) is 1. The summed E-state index contributed by atoms with van der Waals surface area (Å²) >= 11 is 3.01. The SMILES string of the molecule is CC(C)C[C@@H]1CC(=O)O[C@]1(C)C(=O)CSc1nc2ccccc2s1. The summed E-state index contributed by atoms with van der Waals surface area (Å²) < 4.78 is 7.44. The van der Waals surface area contributed by atoms with E-state index in [2.05, 4.69) is 18.8 Å². The number of cyclic esters (lactones) is 1. The van der Waals surface area contributed by atoms with Crippen molar-refractivity contribution in [2.75, 3.05) is 5.75 Å². The molecule has 2 aromatic rings. The third kappa shape index (κ3) is 3.49. The molecule has 0 unspecified atom stereocenters. The van der Waals surface area contributed by atoms with Gasteiger partial charge in [-0.05, 0) is 31.4 Å². The normalized spacial score (nSPS) is 23.8. The van der Waals surface area contributed by atoms with Crippen molar-refractivity contribution in [3.63, 3.8) is 0 Å². The monoisotopic (exact) mass is 363 g/mol. The lowest BCUT2D eigenvalue weighted by atomic mass is 9.80. The Bertz CT molecular complexity index is 737. The Morgan fingerprint density at radius 2 is 2.21 bits per heavy atom. The first-order chi connectivity index (χ1) is 11.4. The molecule has 0 saturated carbocycles. The van der Waals surface area contributed by atoms with Crippen molar-refractivity contribution in [3.8, 4) is 0 Å². The van der Waals surface area contributed by atoms with Crippen LogP contribution in [0.5, 0.6) is 0 Å². The van der Waals surface area contributed by atoms with Gasteiger partial charge in [0.2, 0.25) is 0 Å². The van der Waals surface area contributed by atoms with Gasteiger partial charge >= 0.3 is 5.97 Å². The first-order valence-corrected chi connectivity index (χ1v) is 9.92. The minimum atomic E-state index is -0.995. The molecule has 6 heteroatoms. The van der Waals surface area contributed by atoms with Gasteiger partial charge in [0.05, 0.1) is 22.4 Å². The van der Waals surface area contributed by atoms with E-state index in [-0.39, 0.29) is 23.4 Å². The van der Waals surface area contributed by atoms with Gasteiger partial charge in [-0.3, -0.25) is 9.59 Å². The maximum absolute atomic E-state index is 12.8. The molecule has 2 atom stereocenters. The van der Waals surface area contributed by atoms with Crippen LogP contribution in [0.25, 0.3) is 10.2 Å². The topological polar surface area (TPSA) is 56.3 Å². The molecule has 128 valence electrons. The number of thioether (sulfide) groups is 1. The van der Waals surface area contributed by atoms with Crippen LogP contribution >= 0.6 is 23.1 Å². The molecule has 1 aromatic heterocycles. The van der Waals surface area contributed by atoms with Gasteiger partial charge in [0.25, 0.3) is 0 Å². The quantitative estimate of drug-likeness (QED) is 0.565. The highest BCUT2D eigenvalue weighted by Crippen LogP contribution is 2.39. The molecule has 1 aliphatic rings. The van der Waals surface area contributed by atoms with E-state index in [1.165, 1.54) is 11.8 Å². The van der Waals surface area contributed by atoms with Crippen molar-refractivity contribution in [1.29, 1.82) is 0 Å². The second-order valence-corrected chi connectivity index (χ2v) is 9.02. The van der Waals surface area contributed by atoms with Crippen LogP contribution in [0.3, 0.4) is 0 Å². The smallest absolute Gasteiger partial charge is 0.307 e. The Kier molecular flexibility index (Phi) is 4.97. The number of benzene rings is 1. The Balaban J connectivity index is 1.69. The Morgan fingerprint density at radius 1 is 1.46 bits per heavy atom. The number of hydrogen-bond acceptors (Lipinski definition) is 6. The molecule has 0 amide bonds. The van der Waals surface area contributed by atoms with Gasteiger partial charge in [0.15, 0.2) is 15.7 Å². The van der Waals surface area contributed by atoms with Crippen LogP contribution in [0.2, 0.25) is 0 Å². The Labute approximate surface area is 150 Å². The number of aromatic nitrogens is 1. The highest BCUT2D eigenvalue weighted by atomic mass is 32.2. The van der Waals surface area contributed by atoms with Crippen LogP contribution in [-0.2, 0) is 14.3 Å². The number of para-hydroxylation sites is 1. The summed E-state index contributed by atoms with van der Waals surface area (Å²) in [6.45, 7) is 5.97. The standard InChI is InChI=1S/C18H21NO3S2/c1-11(2)8-12-9-16(21)22-18(12,3)15(20)10-23-17-19-13-6-4-5-7-14(13)24-17/h4-7,11-12H,8-10H2,1-3H3/t12-,18+/m1/s1. The van der Waals surface area contributed by atoms with Crippen molar-refractivity contribution in [1.82, 2.24) is 4.98 Å². The van der Waals surface area contributed by atoms with Gasteiger partial charge < -0.3 is 4.74 Å². The van der Waals surface area contributed by atoms with Gasteiger partial charge in [-0.1, -0.05) is 37.7 Å². The molecule has 0 radical (unpaired) electrons. The van der Waals surface area contributed by atoms with Crippen LogP contribution in [-0.4, -0.2) is 28.1 Å². The zero-order valence-electron chi connectivity index (χ0n) is 14.1. The molecule has 0 aliphatic carbocycles. The highest BCUT2D eigenvalue weighted by Gasteiger charge is 2.50. The first kappa shape index (κ1) is 17.4. The minimum absolute atomic E-state index is 0.0248. The number of ketones is 1. The van der Waals surface area contributed by atoms with E-state index in [0.717, 1.165) is 21.0 Å². The van der Waals surface area contributed by atoms with Gasteiger partial charge in [-0.2, -0.15) is 0 Å². The molecule has 3 rings (SSSR count). The summed E-state index contributed by atoms with van der Waals surface area (Å²) in [7, 11) is 0. The molecular weight excluding hydrogens is 342 g/mol. The van der Waals surface area contributed by atoms with Gasteiger partial charge in [-0.15, -0.1) is 11.3 Å². The van der Waals surface area contributed by atoms with Crippen LogP contribution in [0.15, 0.2) is 28.6 Å². The van der Waals surface area contributed by atoms with E-state index >= 15 is 0 Å². The summed E-state index contributed by atoms with van der Waals surface area (Å²) in [5, 5.41) is 0. The number of carbonyl (C=O) groups excluding carboxylic acids is 2. The molecule has 0 bridgehead atoms. The van der Waals surface area contributed by atoms with E-state index in [0.29, 0.717) is 12.3 Å². The Hall–Kier alpha value is -1.40. The molecule has 1 aliphatic heterocycles. The lowest BCUT2D eigenvalue weighted by molar-refractivity contribution is -0.156. The zero-order valence-corrected chi connectivity index (χ0v) is 15.7. The van der Waals surface area contributed by atoms with Gasteiger partial charge in [-0.25, -0.2) is 4.98 Å². The lowest BCUT2D eigenvalue weighted by Gasteiger charge is -2.28. The Morgan fingerprint density at radius 3 is 2.92 bits per heavy atom. The largest absolute Gasteiger partial charge is 0.451 e. The van der Waals surface area contributed by atoms with Crippen molar-refractivity contribution in [2.45, 2.75) is 43.6 Å². The number of fused-ring (bicyclic) bond motifs is 1. The molecule has 0 N–H and O–H groups in total. The summed E-state index contributed by atoms with van der Waals surface area (Å²) in [4.78, 5) is 29.1. The fourth-order valence-electron chi connectivity index (χ4n) is 3.10. The van der Waals surface area contributed by atoms with Crippen molar-refractivity contribution >= 4 is 45.1 Å². The maximum Gasteiger partial charge on any atom is 0.307 e. The highest BCUT2D eigenvalue weighted by molar-refractivity contribution is 8.01. The van der Waals surface area contributed by atoms with E-state index in [4.69, 9.17) is 4.74 Å². The number of Topliss-reactive ketones (excluding diaryl/α,β-unsaturated/α-hetero) is 1. The summed E-state index contributed by atoms with van der Waals surface area (Å²) in [6.07, 6.45) is 1.16. The maximum atomic E-state index is 12.8. The van der Waals surface area contributed by atoms with Crippen LogP contribution in [0.1, 0.15) is 33.6 Å². The lowest BCUT2D eigenvalue weighted by Crippen LogP contribution is -2.42. The molecule has 1 aromatic carbocycles. The second kappa shape index (κ2) is 6.84. The summed E-state index contributed by atoms with van der Waals surface area (Å²) in [5.41, 5.74) is -0.0426. The first-order valence-electron chi connectivity index (χ1n) is 8.12. The van der Waals surface area contributed by atoms with E-state index < -0.39 is 5.60 Å². The third-order valence-electron chi connectivity index (χ3n) is 4.43. The van der Waals surface area contributed by atoms with E-state index in [1.54, 1.807) is 18.3 Å². The fourth-order valence-corrected chi connectivity index (χ4v) is 5.19. The fraction of sp³-hybridized carbons (Fsp3) is 0.500. The number of rotatable bonds is 6. The number of carbonyl (C=O) groups is 2. The predicted octanol–water partition coefficient (Wildman–Crippen LogP) is 4.33. The van der Waals surface area contributed by atoms with Crippen molar-refractivity contribution in [3.05, 3.63) is 24.3 Å². The van der Waals surface area contributed by atoms with E-state index in [9.17, 15) is 9.59 Å². The van der Waals surface area contributed by atoms with Crippen molar-refractivity contribution in [2.24, 2.45) is 11.8 Å². The molecule has 1 fully saturated rings. The van der Waals surface area contributed by atoms with Crippen LogP contribution in [0.4, 0.5) is 0 Å². The molecular formula is C18H21NO3S2. The number of nitrogens with zero attached hydrogens (tertiary/aromatic N) is 1. The minimum Gasteiger partial charge on any atom is -0.451 e. The van der Waals surface area contributed by atoms with Gasteiger partial charge in [0, 0.05) is 5.92 Å². The molecule has 24 heavy (non-hydrogen) atoms. The zero-order chi connectivity index (χ0) is 17.3. The van der Waals surface area contributed by atoms with Crippen LogP contribution in [0, 0.1) is 11.8 Å².